The van der Waals surface area contributed by atoms with Crippen LogP contribution in [0.1, 0.15) is 25.0 Å². The van der Waals surface area contributed by atoms with Crippen LogP contribution in [-0.2, 0) is 13.1 Å². The number of nitrogens with one attached hydrogen (secondary N) is 1. The average molecular weight is 324 g/mol. The SMILES string of the molecule is CC(C)Oc1ccc(CNCc2ccccc2Cl)cc1Cl. The van der Waals surface area contributed by atoms with Gasteiger partial charge < -0.3 is 10.1 Å². The molecule has 2 aromatic carbocycles. The number of halogens is 2. The van der Waals surface area contributed by atoms with Crippen LogP contribution in [-0.4, -0.2) is 6.10 Å². The molecule has 0 aliphatic rings. The predicted molar refractivity (Wildman–Crippen MR) is 89.2 cm³/mol. The molecule has 0 saturated carbocycles. The van der Waals surface area contributed by atoms with Crippen LogP contribution in [0.15, 0.2) is 42.5 Å². The number of hydrogen-bond acceptors (Lipinski definition) is 2. The summed E-state index contributed by atoms with van der Waals surface area (Å²) in [5, 5.41) is 4.78. The van der Waals surface area contributed by atoms with E-state index in [-0.39, 0.29) is 6.10 Å². The first-order valence-electron chi connectivity index (χ1n) is 6.95. The fraction of sp³-hybridized carbons (Fsp3) is 0.294. The minimum Gasteiger partial charge on any atom is -0.489 e. The highest BCUT2D eigenvalue weighted by molar-refractivity contribution is 6.32. The Hall–Kier alpha value is -1.22. The zero-order valence-electron chi connectivity index (χ0n) is 12.2. The molecule has 0 radical (unpaired) electrons. The van der Waals surface area contributed by atoms with E-state index in [2.05, 4.69) is 5.32 Å². The minimum absolute atomic E-state index is 0.117. The summed E-state index contributed by atoms with van der Waals surface area (Å²) in [6.45, 7) is 5.42. The zero-order chi connectivity index (χ0) is 15.2. The zero-order valence-corrected chi connectivity index (χ0v) is 13.7. The molecule has 2 rings (SSSR count). The molecular weight excluding hydrogens is 305 g/mol. The molecule has 1 N–H and O–H groups in total. The van der Waals surface area contributed by atoms with Crippen molar-refractivity contribution < 1.29 is 4.74 Å². The highest BCUT2D eigenvalue weighted by Gasteiger charge is 2.05. The summed E-state index contributed by atoms with van der Waals surface area (Å²) in [4.78, 5) is 0. The van der Waals surface area contributed by atoms with E-state index in [1.54, 1.807) is 0 Å². The Morgan fingerprint density at radius 3 is 2.43 bits per heavy atom. The van der Waals surface area contributed by atoms with Crippen molar-refractivity contribution in [1.82, 2.24) is 5.32 Å². The lowest BCUT2D eigenvalue weighted by Gasteiger charge is -2.12. The van der Waals surface area contributed by atoms with Crippen molar-refractivity contribution in [3.05, 3.63) is 63.6 Å². The maximum absolute atomic E-state index is 6.22. The van der Waals surface area contributed by atoms with Crippen molar-refractivity contribution >= 4 is 23.2 Å². The molecule has 0 amide bonds. The monoisotopic (exact) mass is 323 g/mol. The molecule has 0 aliphatic heterocycles. The van der Waals surface area contributed by atoms with Gasteiger partial charge in [0.2, 0.25) is 0 Å². The fourth-order valence-corrected chi connectivity index (χ4v) is 2.44. The molecule has 0 spiro atoms. The predicted octanol–water partition coefficient (Wildman–Crippen LogP) is 5.07. The molecule has 2 aromatic rings. The van der Waals surface area contributed by atoms with Crippen LogP contribution in [0.4, 0.5) is 0 Å². The van der Waals surface area contributed by atoms with Gasteiger partial charge in [0, 0.05) is 18.1 Å². The lowest BCUT2D eigenvalue weighted by Crippen LogP contribution is -2.13. The van der Waals surface area contributed by atoms with Crippen LogP contribution in [0.25, 0.3) is 0 Å². The lowest BCUT2D eigenvalue weighted by molar-refractivity contribution is 0.242. The van der Waals surface area contributed by atoms with E-state index >= 15 is 0 Å². The van der Waals surface area contributed by atoms with Gasteiger partial charge in [0.05, 0.1) is 11.1 Å². The quantitative estimate of drug-likeness (QED) is 0.801. The van der Waals surface area contributed by atoms with Crippen molar-refractivity contribution in [1.29, 1.82) is 0 Å². The molecule has 0 atom stereocenters. The third-order valence-electron chi connectivity index (χ3n) is 2.96. The highest BCUT2D eigenvalue weighted by Crippen LogP contribution is 2.26. The summed E-state index contributed by atoms with van der Waals surface area (Å²) in [6, 6.07) is 13.7. The maximum Gasteiger partial charge on any atom is 0.138 e. The van der Waals surface area contributed by atoms with Crippen molar-refractivity contribution in [2.75, 3.05) is 0 Å². The van der Waals surface area contributed by atoms with Crippen LogP contribution in [0.2, 0.25) is 10.0 Å². The Bertz CT molecular complexity index is 599. The first-order chi connectivity index (χ1) is 10.1. The highest BCUT2D eigenvalue weighted by atomic mass is 35.5. The first kappa shape index (κ1) is 16.2. The second kappa shape index (κ2) is 7.69. The largest absolute Gasteiger partial charge is 0.489 e. The van der Waals surface area contributed by atoms with E-state index in [1.807, 2.05) is 56.3 Å². The summed E-state index contributed by atoms with van der Waals surface area (Å²) >= 11 is 12.3. The topological polar surface area (TPSA) is 21.3 Å². The number of benzene rings is 2. The molecule has 0 aliphatic carbocycles. The fourth-order valence-electron chi connectivity index (χ4n) is 1.99. The van der Waals surface area contributed by atoms with E-state index in [9.17, 15) is 0 Å². The molecular formula is C17H19Cl2NO. The maximum atomic E-state index is 6.22. The summed E-state index contributed by atoms with van der Waals surface area (Å²) < 4.78 is 5.62. The normalized spacial score (nSPS) is 10.9. The molecule has 0 fully saturated rings. The van der Waals surface area contributed by atoms with Gasteiger partial charge in [-0.1, -0.05) is 47.5 Å². The smallest absolute Gasteiger partial charge is 0.138 e. The molecule has 0 bridgehead atoms. The van der Waals surface area contributed by atoms with Crippen molar-refractivity contribution in [3.63, 3.8) is 0 Å². The van der Waals surface area contributed by atoms with Gasteiger partial charge in [-0.15, -0.1) is 0 Å². The molecule has 21 heavy (non-hydrogen) atoms. The summed E-state index contributed by atoms with van der Waals surface area (Å²) in [6.07, 6.45) is 0.117. The van der Waals surface area contributed by atoms with Crippen LogP contribution >= 0.6 is 23.2 Å². The molecule has 0 unspecified atom stereocenters. The first-order valence-corrected chi connectivity index (χ1v) is 7.71. The van der Waals surface area contributed by atoms with Gasteiger partial charge >= 0.3 is 0 Å². The van der Waals surface area contributed by atoms with Crippen LogP contribution < -0.4 is 10.1 Å². The third-order valence-corrected chi connectivity index (χ3v) is 3.63. The van der Waals surface area contributed by atoms with Crippen molar-refractivity contribution in [3.8, 4) is 5.75 Å². The van der Waals surface area contributed by atoms with Gasteiger partial charge in [0.15, 0.2) is 0 Å². The summed E-state index contributed by atoms with van der Waals surface area (Å²) in [5.41, 5.74) is 2.20. The van der Waals surface area contributed by atoms with E-state index in [1.165, 1.54) is 0 Å². The van der Waals surface area contributed by atoms with Gasteiger partial charge in [-0.05, 0) is 43.2 Å². The van der Waals surface area contributed by atoms with Crippen LogP contribution in [0.5, 0.6) is 5.75 Å². The molecule has 2 nitrogen and oxygen atoms in total. The number of hydrogen-bond donors (Lipinski definition) is 1. The summed E-state index contributed by atoms with van der Waals surface area (Å²) in [5.74, 6) is 0.724. The molecule has 0 heterocycles. The van der Waals surface area contributed by atoms with E-state index in [4.69, 9.17) is 27.9 Å². The molecule has 0 saturated heterocycles. The minimum atomic E-state index is 0.117. The summed E-state index contributed by atoms with van der Waals surface area (Å²) in [7, 11) is 0. The van der Waals surface area contributed by atoms with Crippen LogP contribution in [0.3, 0.4) is 0 Å². The second-order valence-electron chi connectivity index (χ2n) is 5.13. The molecule has 4 heteroatoms. The second-order valence-corrected chi connectivity index (χ2v) is 5.94. The van der Waals surface area contributed by atoms with E-state index in [0.717, 1.165) is 35.0 Å². The Labute approximate surface area is 136 Å². The van der Waals surface area contributed by atoms with Crippen LogP contribution in [0, 0.1) is 0 Å². The van der Waals surface area contributed by atoms with E-state index < -0.39 is 0 Å². The Morgan fingerprint density at radius 2 is 1.76 bits per heavy atom. The van der Waals surface area contributed by atoms with Gasteiger partial charge in [-0.3, -0.25) is 0 Å². The Morgan fingerprint density at radius 1 is 1.00 bits per heavy atom. The lowest BCUT2D eigenvalue weighted by atomic mass is 10.2. The third kappa shape index (κ3) is 4.92. The van der Waals surface area contributed by atoms with Gasteiger partial charge in [0.25, 0.3) is 0 Å². The van der Waals surface area contributed by atoms with Crippen molar-refractivity contribution in [2.45, 2.75) is 33.0 Å². The van der Waals surface area contributed by atoms with E-state index in [0.29, 0.717) is 5.02 Å². The van der Waals surface area contributed by atoms with Gasteiger partial charge in [0.1, 0.15) is 5.75 Å². The van der Waals surface area contributed by atoms with Crippen molar-refractivity contribution in [2.24, 2.45) is 0 Å². The molecule has 0 aromatic heterocycles. The Kier molecular flexibility index (Phi) is 5.92. The number of ether oxygens (including phenoxy) is 1. The molecule has 112 valence electrons. The number of rotatable bonds is 6. The standard InChI is InChI=1S/C17H19Cl2NO/c1-12(2)21-17-8-7-13(9-16(17)19)10-20-11-14-5-3-4-6-15(14)18/h3-9,12,20H,10-11H2,1-2H3. The average Bonchev–Trinajstić information content (AvgIpc) is 2.43. The van der Waals surface area contributed by atoms with Gasteiger partial charge in [-0.2, -0.15) is 0 Å². The van der Waals surface area contributed by atoms with Gasteiger partial charge in [-0.25, -0.2) is 0 Å². The Balaban J connectivity index is 1.92.